The minimum absolute atomic E-state index is 0. The standard InChI is InChI=1S/3C8H7NO6.Al.H2O.Sb/c3*10-6(11)5-1-3-8(4-2-5,7(12)13)9(14)15;;;/h3*1-3H,4H2,(H,10,11)(H,12,13);;1H2;/q;;;+3;;+3/p-6. The van der Waals surface area contributed by atoms with Gasteiger partial charge in [-0.25, -0.2) is 0 Å². The number of aliphatic carboxylic acids is 3. The van der Waals surface area contributed by atoms with Crippen molar-refractivity contribution in [3.63, 3.8) is 0 Å². The molecular formula is C24H17AlN3O19Sb. The Labute approximate surface area is 278 Å². The van der Waals surface area contributed by atoms with Crippen molar-refractivity contribution in [3.05, 3.63) is 86.1 Å². The van der Waals surface area contributed by atoms with Crippen molar-refractivity contribution in [2.24, 2.45) is 0 Å². The summed E-state index contributed by atoms with van der Waals surface area (Å²) < 4.78 is 29.5. The van der Waals surface area contributed by atoms with Gasteiger partial charge in [0.15, 0.2) is 0 Å². The Bertz CT molecular complexity index is 1760. The van der Waals surface area contributed by atoms with Gasteiger partial charge in [0.1, 0.15) is 5.97 Å². The number of rotatable bonds is 8. The second-order valence-electron chi connectivity index (χ2n) is 9.96. The maximum absolute atomic E-state index is 13.0. The molecule has 4 heterocycles. The average Bonchev–Trinajstić information content (AvgIpc) is 3.16. The van der Waals surface area contributed by atoms with Crippen molar-refractivity contribution in [1.82, 2.24) is 0 Å². The Kier molecular flexibility index (Phi) is 9.73. The van der Waals surface area contributed by atoms with Crippen LogP contribution in [0, 0.1) is 14.7 Å². The first-order chi connectivity index (χ1) is 22.1. The first-order valence-electron chi connectivity index (χ1n) is 12.9. The van der Waals surface area contributed by atoms with Crippen molar-refractivity contribution in [3.8, 4) is 0 Å². The topological polar surface area (TPSA) is 319 Å². The van der Waals surface area contributed by atoms with Gasteiger partial charge >= 0.3 is 233 Å². The monoisotopic (exact) mass is 799 g/mol. The van der Waals surface area contributed by atoms with E-state index in [2.05, 4.69) is 0 Å². The molecule has 0 amide bonds. The van der Waals surface area contributed by atoms with Crippen LogP contribution >= 0.6 is 0 Å². The molecule has 0 aromatic heterocycles. The quantitative estimate of drug-likeness (QED) is 0.163. The summed E-state index contributed by atoms with van der Waals surface area (Å²) in [5, 5.41) is 35.6. The molecule has 22 nitrogen and oxygen atoms in total. The molecule has 48 heavy (non-hydrogen) atoms. The van der Waals surface area contributed by atoms with Gasteiger partial charge in [-0.05, 0) is 6.08 Å². The van der Waals surface area contributed by atoms with E-state index in [1.807, 2.05) is 0 Å². The van der Waals surface area contributed by atoms with Crippen LogP contribution in [0.25, 0.3) is 0 Å². The predicted octanol–water partition coefficient (Wildman–Crippen LogP) is -5.96. The van der Waals surface area contributed by atoms with Gasteiger partial charge in [-0.2, -0.15) is 0 Å². The van der Waals surface area contributed by atoms with E-state index in [-0.39, 0.29) is 16.6 Å². The Morgan fingerprint density at radius 3 is 1.92 bits per heavy atom. The zero-order valence-corrected chi connectivity index (χ0v) is 27.2. The third-order valence-corrected chi connectivity index (χ3v) is 11.0. The summed E-state index contributed by atoms with van der Waals surface area (Å²) >= 11 is -9.05. The smallest absolute Gasteiger partial charge is 0.543 e. The molecule has 4 bridgehead atoms. The first-order valence-corrected chi connectivity index (χ1v) is 17.4. The summed E-state index contributed by atoms with van der Waals surface area (Å²) in [7, 11) is 0. The molecule has 0 radical (unpaired) electrons. The van der Waals surface area contributed by atoms with Crippen LogP contribution in [0.1, 0.15) is 19.3 Å². The van der Waals surface area contributed by atoms with Crippen LogP contribution in [0.5, 0.6) is 0 Å². The molecule has 0 saturated carbocycles. The zero-order chi connectivity index (χ0) is 34.3. The van der Waals surface area contributed by atoms with Crippen LogP contribution in [-0.2, 0) is 49.5 Å². The van der Waals surface area contributed by atoms with Crippen molar-refractivity contribution in [1.29, 1.82) is 0 Å². The maximum atomic E-state index is 13.0. The van der Waals surface area contributed by atoms with Crippen LogP contribution in [0.15, 0.2) is 71.4 Å². The number of carbonyl (C=O) groups is 6. The second kappa shape index (κ2) is 13.1. The third-order valence-electron chi connectivity index (χ3n) is 7.28. The Morgan fingerprint density at radius 2 is 1.42 bits per heavy atom. The van der Waals surface area contributed by atoms with Crippen molar-refractivity contribution in [2.45, 2.75) is 35.9 Å². The Balaban J connectivity index is 0.00000520. The van der Waals surface area contributed by atoms with Crippen LogP contribution in [0.4, 0.5) is 0 Å². The fourth-order valence-electron chi connectivity index (χ4n) is 4.41. The van der Waals surface area contributed by atoms with Gasteiger partial charge in [0.05, 0.1) is 6.42 Å². The molecule has 4 aliphatic heterocycles. The van der Waals surface area contributed by atoms with Gasteiger partial charge in [0, 0.05) is 6.08 Å². The van der Waals surface area contributed by atoms with Gasteiger partial charge in [-0.1, -0.05) is 6.08 Å². The SMILES string of the molecule is O.O=C1[O][Al]([O][N+](=O)C2(C(=O)[O-])C=CC(C(=O)[O][Sb]3[O]C(=O)C4=CCC(C(=O)[O-])(C=C4)[N+](=O)[O]3)=CC2)[O][N+](=O)C2(C(=O)[O-])C=CC1=CC2. The molecular weight excluding hydrogens is 783 g/mol. The summed E-state index contributed by atoms with van der Waals surface area (Å²) in [5.41, 5.74) is -8.54. The minimum Gasteiger partial charge on any atom is -0.543 e. The second-order valence-corrected chi connectivity index (χ2v) is 14.0. The van der Waals surface area contributed by atoms with Crippen LogP contribution < -0.4 is 15.3 Å². The molecule has 0 fully saturated rings. The van der Waals surface area contributed by atoms with E-state index in [1.54, 1.807) is 0 Å². The minimum atomic E-state index is -4.69. The van der Waals surface area contributed by atoms with Crippen LogP contribution in [0.3, 0.4) is 0 Å². The summed E-state index contributed by atoms with van der Waals surface area (Å²) in [6.45, 7) is 0. The number of carboxylic acids is 3. The van der Waals surface area contributed by atoms with Gasteiger partial charge in [-0.15, -0.1) is 0 Å². The molecule has 2 N–H and O–H groups in total. The van der Waals surface area contributed by atoms with E-state index in [1.165, 1.54) is 0 Å². The number of nitrogens with zero attached hydrogens (tertiary/aromatic N) is 3. The molecule has 7 rings (SSSR count). The molecule has 3 aliphatic carbocycles. The number of hydrogen-bond donors (Lipinski definition) is 0. The summed E-state index contributed by atoms with van der Waals surface area (Å²) in [4.78, 5) is 110. The number of carboxylic acid groups (broad SMARTS) is 3. The normalized spacial score (nSPS) is 27.7. The van der Waals surface area contributed by atoms with E-state index < -0.39 is 129 Å². The first kappa shape index (κ1) is 35.6. The van der Waals surface area contributed by atoms with E-state index in [0.717, 1.165) is 48.6 Å². The number of carbonyl (C=O) groups excluding carboxylic acids is 6. The Hall–Kier alpha value is -5.23. The third kappa shape index (κ3) is 6.11. The number of hydrogen-bond acceptors (Lipinski definition) is 18. The van der Waals surface area contributed by atoms with Gasteiger partial charge in [0.25, 0.3) is 0 Å². The van der Waals surface area contributed by atoms with Crippen LogP contribution in [-0.4, -0.2) is 109 Å². The van der Waals surface area contributed by atoms with Crippen molar-refractivity contribution < 1.29 is 85.0 Å². The molecule has 3 unspecified atom stereocenters. The molecule has 24 heteroatoms. The summed E-state index contributed by atoms with van der Waals surface area (Å²) in [6.07, 6.45) is 5.82. The van der Waals surface area contributed by atoms with Gasteiger partial charge < -0.3 is 15.4 Å². The fraction of sp³-hybridized carbons (Fsp3) is 0.250. The molecule has 3 atom stereocenters. The Morgan fingerprint density at radius 1 is 0.833 bits per heavy atom. The summed E-state index contributed by atoms with van der Waals surface area (Å²) in [6, 6.07) is 0. The van der Waals surface area contributed by atoms with E-state index in [4.69, 9.17) is 20.7 Å². The predicted molar refractivity (Wildman–Crippen MR) is 136 cm³/mol. The summed E-state index contributed by atoms with van der Waals surface area (Å²) in [5.74, 6) is -9.58. The molecule has 250 valence electrons. The van der Waals surface area contributed by atoms with Crippen molar-refractivity contribution in [2.75, 3.05) is 0 Å². The molecule has 0 aromatic carbocycles. The fourth-order valence-corrected chi connectivity index (χ4v) is 7.97. The molecule has 7 aliphatic rings. The van der Waals surface area contributed by atoms with Gasteiger partial charge in [-0.3, -0.25) is 0 Å². The van der Waals surface area contributed by atoms with Crippen LogP contribution in [0.2, 0.25) is 0 Å². The zero-order valence-electron chi connectivity index (χ0n) is 23.5. The average molecular weight is 800 g/mol. The molecule has 0 saturated heterocycles. The van der Waals surface area contributed by atoms with Crippen molar-refractivity contribution >= 4 is 72.4 Å². The molecule has 0 aromatic rings. The molecule has 0 spiro atoms. The van der Waals surface area contributed by atoms with E-state index >= 15 is 0 Å². The van der Waals surface area contributed by atoms with E-state index in [0.29, 0.717) is 6.08 Å². The van der Waals surface area contributed by atoms with Gasteiger partial charge in [0.2, 0.25) is 0 Å². The number of fused-ring (bicyclic) bond motifs is 10. The van der Waals surface area contributed by atoms with E-state index in [9.17, 15) is 58.8 Å².